The van der Waals surface area contributed by atoms with Crippen LogP contribution in [0.2, 0.25) is 10.0 Å². The number of halogens is 2. The molecule has 4 nitrogen and oxygen atoms in total. The largest absolute Gasteiger partial charge is 0.322 e. The molecule has 2 amide bonds. The van der Waals surface area contributed by atoms with Crippen LogP contribution >= 0.6 is 23.2 Å². The second kappa shape index (κ2) is 6.66. The first-order valence-electron chi connectivity index (χ1n) is 6.72. The highest BCUT2D eigenvalue weighted by Gasteiger charge is 2.22. The first-order valence-corrected chi connectivity index (χ1v) is 7.48. The lowest BCUT2D eigenvalue weighted by atomic mass is 10.2. The average Bonchev–Trinajstić information content (AvgIpc) is 2.42. The highest BCUT2D eigenvalue weighted by atomic mass is 35.5. The van der Waals surface area contributed by atoms with Gasteiger partial charge in [-0.25, -0.2) is 4.79 Å². The van der Waals surface area contributed by atoms with Crippen LogP contribution in [-0.4, -0.2) is 48.1 Å². The Balaban J connectivity index is 1.93. The van der Waals surface area contributed by atoms with Crippen LogP contribution in [0.1, 0.15) is 13.8 Å². The summed E-state index contributed by atoms with van der Waals surface area (Å²) in [5.74, 6) is 0. The minimum atomic E-state index is -0.113. The van der Waals surface area contributed by atoms with Gasteiger partial charge in [0.2, 0.25) is 0 Å². The van der Waals surface area contributed by atoms with Crippen molar-refractivity contribution in [3.8, 4) is 0 Å². The van der Waals surface area contributed by atoms with E-state index >= 15 is 0 Å². The molecule has 6 heteroatoms. The number of hydrogen-bond donors (Lipinski definition) is 1. The van der Waals surface area contributed by atoms with Crippen molar-refractivity contribution < 1.29 is 4.79 Å². The molecule has 1 aromatic carbocycles. The van der Waals surface area contributed by atoms with E-state index in [4.69, 9.17) is 23.2 Å². The Morgan fingerprint density at radius 3 is 2.40 bits per heavy atom. The van der Waals surface area contributed by atoms with E-state index in [1.165, 1.54) is 0 Å². The normalized spacial score (nSPS) is 16.6. The molecule has 0 radical (unpaired) electrons. The first kappa shape index (κ1) is 15.4. The number of nitrogens with zero attached hydrogens (tertiary/aromatic N) is 2. The summed E-state index contributed by atoms with van der Waals surface area (Å²) in [6, 6.07) is 5.45. The van der Waals surface area contributed by atoms with Gasteiger partial charge in [-0.1, -0.05) is 23.2 Å². The molecule has 1 aliphatic rings. The van der Waals surface area contributed by atoms with Gasteiger partial charge in [0.1, 0.15) is 0 Å². The summed E-state index contributed by atoms with van der Waals surface area (Å²) < 4.78 is 0. The summed E-state index contributed by atoms with van der Waals surface area (Å²) in [6.07, 6.45) is 0. The fraction of sp³-hybridized carbons (Fsp3) is 0.500. The van der Waals surface area contributed by atoms with Gasteiger partial charge in [0.15, 0.2) is 0 Å². The Morgan fingerprint density at radius 1 is 1.20 bits per heavy atom. The molecular formula is C14H19Cl2N3O. The number of carbonyl (C=O) groups is 1. The van der Waals surface area contributed by atoms with E-state index < -0.39 is 0 Å². The molecule has 0 bridgehead atoms. The van der Waals surface area contributed by atoms with Crippen molar-refractivity contribution in [2.24, 2.45) is 0 Å². The first-order chi connectivity index (χ1) is 9.47. The van der Waals surface area contributed by atoms with Gasteiger partial charge in [0.25, 0.3) is 0 Å². The number of nitrogens with one attached hydrogen (secondary N) is 1. The van der Waals surface area contributed by atoms with E-state index in [0.29, 0.717) is 21.8 Å². The van der Waals surface area contributed by atoms with E-state index in [1.54, 1.807) is 18.2 Å². The number of piperazine rings is 1. The average molecular weight is 316 g/mol. The van der Waals surface area contributed by atoms with Gasteiger partial charge in [-0.2, -0.15) is 0 Å². The summed E-state index contributed by atoms with van der Waals surface area (Å²) in [6.45, 7) is 7.61. The van der Waals surface area contributed by atoms with Crippen LogP contribution < -0.4 is 5.32 Å². The summed E-state index contributed by atoms with van der Waals surface area (Å²) in [4.78, 5) is 16.4. The Bertz CT molecular complexity index is 485. The van der Waals surface area contributed by atoms with Crippen molar-refractivity contribution in [2.45, 2.75) is 19.9 Å². The molecule has 1 fully saturated rings. The molecular weight excluding hydrogens is 297 g/mol. The minimum absolute atomic E-state index is 0.113. The van der Waals surface area contributed by atoms with E-state index in [9.17, 15) is 4.79 Å². The lowest BCUT2D eigenvalue weighted by Crippen LogP contribution is -2.51. The van der Waals surface area contributed by atoms with E-state index in [2.05, 4.69) is 24.1 Å². The van der Waals surface area contributed by atoms with Crippen LogP contribution in [-0.2, 0) is 0 Å². The minimum Gasteiger partial charge on any atom is -0.322 e. The number of carbonyl (C=O) groups excluding carboxylic acids is 1. The second-order valence-corrected chi connectivity index (χ2v) is 6.01. The van der Waals surface area contributed by atoms with E-state index in [1.807, 2.05) is 4.90 Å². The van der Waals surface area contributed by atoms with Crippen LogP contribution in [0.3, 0.4) is 0 Å². The van der Waals surface area contributed by atoms with Crippen molar-refractivity contribution in [1.29, 1.82) is 0 Å². The fourth-order valence-electron chi connectivity index (χ4n) is 2.23. The molecule has 1 heterocycles. The third-order valence-corrected chi connectivity index (χ3v) is 4.05. The second-order valence-electron chi connectivity index (χ2n) is 5.17. The predicted octanol–water partition coefficient (Wildman–Crippen LogP) is 3.55. The zero-order valence-corrected chi connectivity index (χ0v) is 13.2. The quantitative estimate of drug-likeness (QED) is 0.906. The maximum absolute atomic E-state index is 12.2. The third-order valence-electron chi connectivity index (χ3n) is 3.50. The molecule has 0 saturated carbocycles. The smallest absolute Gasteiger partial charge is 0.321 e. The van der Waals surface area contributed by atoms with Crippen LogP contribution in [0.15, 0.2) is 18.2 Å². The van der Waals surface area contributed by atoms with Crippen molar-refractivity contribution in [3.05, 3.63) is 28.2 Å². The van der Waals surface area contributed by atoms with Gasteiger partial charge in [-0.15, -0.1) is 0 Å². The molecule has 0 aliphatic carbocycles. The zero-order chi connectivity index (χ0) is 14.7. The van der Waals surface area contributed by atoms with Crippen molar-refractivity contribution >= 4 is 34.9 Å². The monoisotopic (exact) mass is 315 g/mol. The summed E-state index contributed by atoms with van der Waals surface area (Å²) in [5.41, 5.74) is 0.590. The molecule has 0 spiro atoms. The molecule has 20 heavy (non-hydrogen) atoms. The Hall–Kier alpha value is -0.970. The Kier molecular flexibility index (Phi) is 5.13. The number of benzene rings is 1. The molecule has 1 N–H and O–H groups in total. The number of rotatable bonds is 2. The van der Waals surface area contributed by atoms with E-state index in [0.717, 1.165) is 26.2 Å². The van der Waals surface area contributed by atoms with Gasteiger partial charge in [-0.05, 0) is 32.0 Å². The lowest BCUT2D eigenvalue weighted by molar-refractivity contribution is 0.125. The lowest BCUT2D eigenvalue weighted by Gasteiger charge is -2.36. The molecule has 0 aromatic heterocycles. The summed E-state index contributed by atoms with van der Waals surface area (Å²) in [5, 5.41) is 3.83. The molecule has 1 aromatic rings. The fourth-order valence-corrected chi connectivity index (χ4v) is 2.68. The van der Waals surface area contributed by atoms with Crippen molar-refractivity contribution in [3.63, 3.8) is 0 Å². The van der Waals surface area contributed by atoms with Gasteiger partial charge in [0.05, 0.1) is 10.7 Å². The van der Waals surface area contributed by atoms with Gasteiger partial charge < -0.3 is 10.2 Å². The SMILES string of the molecule is CC(C)N1CCN(C(=O)Nc2ccc(Cl)cc2Cl)CC1. The molecule has 1 aliphatic heterocycles. The zero-order valence-electron chi connectivity index (χ0n) is 11.7. The summed E-state index contributed by atoms with van der Waals surface area (Å²) >= 11 is 11.9. The van der Waals surface area contributed by atoms with Crippen molar-refractivity contribution in [2.75, 3.05) is 31.5 Å². The predicted molar refractivity (Wildman–Crippen MR) is 83.8 cm³/mol. The van der Waals surface area contributed by atoms with Crippen LogP contribution in [0.4, 0.5) is 10.5 Å². The molecule has 0 unspecified atom stereocenters. The maximum atomic E-state index is 12.2. The molecule has 110 valence electrons. The highest BCUT2D eigenvalue weighted by molar-refractivity contribution is 6.36. The number of amides is 2. The molecule has 1 saturated heterocycles. The standard InChI is InChI=1S/C14H19Cl2N3O/c1-10(2)18-5-7-19(8-6-18)14(20)17-13-4-3-11(15)9-12(13)16/h3-4,9-10H,5-8H2,1-2H3,(H,17,20). The van der Waals surface area contributed by atoms with Crippen LogP contribution in [0.5, 0.6) is 0 Å². The molecule has 2 rings (SSSR count). The number of urea groups is 1. The van der Waals surface area contributed by atoms with E-state index in [-0.39, 0.29) is 6.03 Å². The topological polar surface area (TPSA) is 35.6 Å². The number of anilines is 1. The van der Waals surface area contributed by atoms with Gasteiger partial charge in [0, 0.05) is 37.2 Å². The van der Waals surface area contributed by atoms with Gasteiger partial charge >= 0.3 is 6.03 Å². The number of hydrogen-bond acceptors (Lipinski definition) is 2. The third kappa shape index (κ3) is 3.78. The van der Waals surface area contributed by atoms with Crippen LogP contribution in [0, 0.1) is 0 Å². The maximum Gasteiger partial charge on any atom is 0.321 e. The Labute approximate surface area is 129 Å². The Morgan fingerprint density at radius 2 is 1.85 bits per heavy atom. The van der Waals surface area contributed by atoms with Crippen LogP contribution in [0.25, 0.3) is 0 Å². The summed E-state index contributed by atoms with van der Waals surface area (Å²) in [7, 11) is 0. The highest BCUT2D eigenvalue weighted by Crippen LogP contribution is 2.25. The van der Waals surface area contributed by atoms with Gasteiger partial charge in [-0.3, -0.25) is 4.90 Å². The van der Waals surface area contributed by atoms with Crippen molar-refractivity contribution in [1.82, 2.24) is 9.80 Å². The molecule has 0 atom stereocenters.